The van der Waals surface area contributed by atoms with E-state index in [0.717, 1.165) is 42.3 Å². The molecule has 106 valence electrons. The summed E-state index contributed by atoms with van der Waals surface area (Å²) in [6, 6.07) is 6.65. The number of anilines is 1. The Morgan fingerprint density at radius 1 is 1.30 bits per heavy atom. The number of nitrogens with zero attached hydrogens (tertiary/aromatic N) is 1. The molecule has 2 aromatic rings. The van der Waals surface area contributed by atoms with Crippen molar-refractivity contribution in [3.8, 4) is 5.75 Å². The van der Waals surface area contributed by atoms with Crippen molar-refractivity contribution in [1.29, 1.82) is 0 Å². The van der Waals surface area contributed by atoms with Crippen LogP contribution >= 0.6 is 0 Å². The average molecular weight is 271 g/mol. The Hall–Kier alpha value is -1.97. The van der Waals surface area contributed by atoms with E-state index in [4.69, 9.17) is 4.74 Å². The maximum Gasteiger partial charge on any atom is 0.127 e. The topological polar surface area (TPSA) is 49.9 Å². The molecule has 0 saturated heterocycles. The van der Waals surface area contributed by atoms with Crippen LogP contribution in [0.15, 0.2) is 18.2 Å². The number of aryl methyl sites for hydroxylation is 3. The molecule has 20 heavy (non-hydrogen) atoms. The monoisotopic (exact) mass is 271 g/mol. The Morgan fingerprint density at radius 2 is 2.15 bits per heavy atom. The predicted molar refractivity (Wildman–Crippen MR) is 80.3 cm³/mol. The summed E-state index contributed by atoms with van der Waals surface area (Å²) in [5.74, 6) is 1.04. The molecule has 0 spiro atoms. The summed E-state index contributed by atoms with van der Waals surface area (Å²) in [4.78, 5) is 0. The lowest BCUT2D eigenvalue weighted by atomic mass is 9.99. The fourth-order valence-corrected chi connectivity index (χ4v) is 2.85. The molecule has 3 rings (SSSR count). The molecule has 1 aromatic carbocycles. The minimum atomic E-state index is 0.280. The largest absolute Gasteiger partial charge is 0.493 e. The van der Waals surface area contributed by atoms with Gasteiger partial charge in [0.05, 0.1) is 29.7 Å². The van der Waals surface area contributed by atoms with E-state index in [9.17, 15) is 0 Å². The molecule has 1 atom stereocenters. The lowest BCUT2D eigenvalue weighted by Gasteiger charge is -2.20. The van der Waals surface area contributed by atoms with Crippen LogP contribution in [-0.4, -0.2) is 16.8 Å². The smallest absolute Gasteiger partial charge is 0.127 e. The molecule has 0 radical (unpaired) electrons. The zero-order valence-corrected chi connectivity index (χ0v) is 12.3. The molecule has 2 heterocycles. The number of aromatic amines is 1. The van der Waals surface area contributed by atoms with E-state index in [2.05, 4.69) is 40.6 Å². The number of hydrogen-bond donors (Lipinski definition) is 2. The number of para-hydroxylation sites is 1. The molecule has 0 bridgehead atoms. The standard InChI is InChI=1S/C16H21N3O/c1-10-6-4-7-13-14(8-5-9-20-16(10)13)17-15-11(2)18-19-12(15)3/h4,6-7,14,17H,5,8-9H2,1-3H3,(H,18,19). The minimum Gasteiger partial charge on any atom is -0.493 e. The summed E-state index contributed by atoms with van der Waals surface area (Å²) in [6.45, 7) is 6.97. The molecule has 0 amide bonds. The molecule has 1 unspecified atom stereocenters. The van der Waals surface area contributed by atoms with Crippen molar-refractivity contribution in [2.75, 3.05) is 11.9 Å². The van der Waals surface area contributed by atoms with E-state index in [1.165, 1.54) is 11.1 Å². The van der Waals surface area contributed by atoms with Gasteiger partial charge in [0.15, 0.2) is 0 Å². The van der Waals surface area contributed by atoms with E-state index >= 15 is 0 Å². The van der Waals surface area contributed by atoms with Gasteiger partial charge in [-0.25, -0.2) is 0 Å². The third-order valence-electron chi connectivity index (χ3n) is 3.95. The fourth-order valence-electron chi connectivity index (χ4n) is 2.85. The minimum absolute atomic E-state index is 0.280. The molecule has 1 aliphatic heterocycles. The van der Waals surface area contributed by atoms with Crippen molar-refractivity contribution in [2.24, 2.45) is 0 Å². The number of H-pyrrole nitrogens is 1. The Kier molecular flexibility index (Phi) is 3.38. The maximum atomic E-state index is 5.93. The molecular weight excluding hydrogens is 250 g/mol. The van der Waals surface area contributed by atoms with Crippen LogP contribution in [0.4, 0.5) is 5.69 Å². The van der Waals surface area contributed by atoms with Crippen LogP contribution in [-0.2, 0) is 0 Å². The van der Waals surface area contributed by atoms with Gasteiger partial charge in [0, 0.05) is 5.56 Å². The van der Waals surface area contributed by atoms with Gasteiger partial charge in [0.2, 0.25) is 0 Å². The average Bonchev–Trinajstić information content (AvgIpc) is 2.65. The highest BCUT2D eigenvalue weighted by Gasteiger charge is 2.22. The van der Waals surface area contributed by atoms with Gasteiger partial charge in [-0.05, 0) is 39.2 Å². The van der Waals surface area contributed by atoms with Crippen LogP contribution in [0, 0.1) is 20.8 Å². The fraction of sp³-hybridized carbons (Fsp3) is 0.438. The van der Waals surface area contributed by atoms with Crippen LogP contribution in [0.2, 0.25) is 0 Å². The molecular formula is C16H21N3O. The van der Waals surface area contributed by atoms with Crippen molar-refractivity contribution < 1.29 is 4.74 Å². The highest BCUT2D eigenvalue weighted by atomic mass is 16.5. The van der Waals surface area contributed by atoms with Gasteiger partial charge in [0.1, 0.15) is 5.75 Å². The summed E-state index contributed by atoms with van der Waals surface area (Å²) in [5.41, 5.74) is 5.67. The molecule has 4 heteroatoms. The van der Waals surface area contributed by atoms with Crippen molar-refractivity contribution in [3.63, 3.8) is 0 Å². The molecule has 1 aromatic heterocycles. The van der Waals surface area contributed by atoms with Gasteiger partial charge in [-0.3, -0.25) is 5.10 Å². The van der Waals surface area contributed by atoms with Crippen LogP contribution < -0.4 is 10.1 Å². The predicted octanol–water partition coefficient (Wildman–Crippen LogP) is 3.66. The quantitative estimate of drug-likeness (QED) is 0.876. The summed E-state index contributed by atoms with van der Waals surface area (Å²) < 4.78 is 5.93. The maximum absolute atomic E-state index is 5.93. The second-order valence-electron chi connectivity index (χ2n) is 5.49. The van der Waals surface area contributed by atoms with E-state index in [1.54, 1.807) is 0 Å². The number of fused-ring (bicyclic) bond motifs is 1. The first kappa shape index (κ1) is 13.0. The van der Waals surface area contributed by atoms with E-state index in [0.29, 0.717) is 0 Å². The Bertz CT molecular complexity index is 599. The molecule has 1 aliphatic rings. The zero-order valence-electron chi connectivity index (χ0n) is 12.3. The van der Waals surface area contributed by atoms with Gasteiger partial charge in [-0.2, -0.15) is 5.10 Å². The van der Waals surface area contributed by atoms with Crippen LogP contribution in [0.3, 0.4) is 0 Å². The summed E-state index contributed by atoms with van der Waals surface area (Å²) in [7, 11) is 0. The van der Waals surface area contributed by atoms with Crippen molar-refractivity contribution >= 4 is 5.69 Å². The lowest BCUT2D eigenvalue weighted by molar-refractivity contribution is 0.314. The zero-order chi connectivity index (χ0) is 14.1. The van der Waals surface area contributed by atoms with Gasteiger partial charge in [-0.1, -0.05) is 18.2 Å². The van der Waals surface area contributed by atoms with Crippen molar-refractivity contribution in [3.05, 3.63) is 40.7 Å². The second kappa shape index (κ2) is 5.19. The molecule has 0 fully saturated rings. The number of benzene rings is 1. The lowest BCUT2D eigenvalue weighted by Crippen LogP contribution is -2.11. The van der Waals surface area contributed by atoms with Crippen molar-refractivity contribution in [1.82, 2.24) is 10.2 Å². The van der Waals surface area contributed by atoms with Crippen LogP contribution in [0.1, 0.15) is 41.4 Å². The summed E-state index contributed by atoms with van der Waals surface area (Å²) in [6.07, 6.45) is 2.13. The first-order valence-corrected chi connectivity index (χ1v) is 7.17. The number of nitrogens with one attached hydrogen (secondary N) is 2. The number of hydrogen-bond acceptors (Lipinski definition) is 3. The van der Waals surface area contributed by atoms with Gasteiger partial charge < -0.3 is 10.1 Å². The van der Waals surface area contributed by atoms with E-state index < -0.39 is 0 Å². The van der Waals surface area contributed by atoms with E-state index in [-0.39, 0.29) is 6.04 Å². The highest BCUT2D eigenvalue weighted by molar-refractivity contribution is 5.55. The molecule has 0 aliphatic carbocycles. The van der Waals surface area contributed by atoms with Gasteiger partial charge in [0.25, 0.3) is 0 Å². The second-order valence-corrected chi connectivity index (χ2v) is 5.49. The number of ether oxygens (including phenoxy) is 1. The molecule has 0 saturated carbocycles. The molecule has 4 nitrogen and oxygen atoms in total. The SMILES string of the molecule is Cc1cccc2c1OCCCC2Nc1c(C)n[nH]c1C. The molecule has 2 N–H and O–H groups in total. The highest BCUT2D eigenvalue weighted by Crippen LogP contribution is 2.36. The first-order chi connectivity index (χ1) is 9.66. The van der Waals surface area contributed by atoms with E-state index in [1.807, 2.05) is 13.8 Å². The summed E-state index contributed by atoms with van der Waals surface area (Å²) >= 11 is 0. The van der Waals surface area contributed by atoms with Crippen LogP contribution in [0.5, 0.6) is 5.75 Å². The third-order valence-corrected chi connectivity index (χ3v) is 3.95. The van der Waals surface area contributed by atoms with Gasteiger partial charge in [-0.15, -0.1) is 0 Å². The van der Waals surface area contributed by atoms with Crippen LogP contribution in [0.25, 0.3) is 0 Å². The Balaban J connectivity index is 1.97. The first-order valence-electron chi connectivity index (χ1n) is 7.17. The van der Waals surface area contributed by atoms with Crippen molar-refractivity contribution in [2.45, 2.75) is 39.7 Å². The number of rotatable bonds is 2. The van der Waals surface area contributed by atoms with Gasteiger partial charge >= 0.3 is 0 Å². The third kappa shape index (κ3) is 2.26. The Labute approximate surface area is 119 Å². The summed E-state index contributed by atoms with van der Waals surface area (Å²) in [5, 5.41) is 10.9. The normalized spacial score (nSPS) is 18.1. The number of aromatic nitrogens is 2. The Morgan fingerprint density at radius 3 is 2.90 bits per heavy atom.